The maximum Gasteiger partial charge on any atom is 0.338 e. The molecule has 0 unspecified atom stereocenters. The molecule has 39 heavy (non-hydrogen) atoms. The molecule has 0 saturated heterocycles. The number of rotatable bonds is 8. The van der Waals surface area contributed by atoms with Gasteiger partial charge in [-0.2, -0.15) is 0 Å². The normalized spacial score (nSPS) is 15.4. The van der Waals surface area contributed by atoms with Crippen molar-refractivity contribution < 1.29 is 19.0 Å². The summed E-state index contributed by atoms with van der Waals surface area (Å²) in [5.74, 6) is 0.781. The quantitative estimate of drug-likeness (QED) is 0.278. The number of thiazole rings is 1. The lowest BCUT2D eigenvalue weighted by Crippen LogP contribution is -2.40. The van der Waals surface area contributed by atoms with Crippen molar-refractivity contribution in [2.45, 2.75) is 59.8 Å². The number of para-hydroxylation sites is 1. The number of fused-ring (bicyclic) bond motifs is 1. The number of carbonyl (C=O) groups excluding carboxylic acids is 1. The fraction of sp³-hybridized carbons (Fsp3) is 0.345. The summed E-state index contributed by atoms with van der Waals surface area (Å²) in [6, 6.07) is 10.5. The average molecular weight is 678 g/mol. The highest BCUT2D eigenvalue weighted by atomic mass is 79.9. The minimum Gasteiger partial charge on any atom is -0.491 e. The van der Waals surface area contributed by atoms with Crippen molar-refractivity contribution in [2.75, 3.05) is 6.61 Å². The Hall–Kier alpha value is -2.69. The number of aromatic nitrogens is 1. The van der Waals surface area contributed by atoms with Crippen LogP contribution in [0.25, 0.3) is 6.08 Å². The van der Waals surface area contributed by atoms with Crippen LogP contribution in [0.4, 0.5) is 0 Å². The molecule has 10 heteroatoms. The summed E-state index contributed by atoms with van der Waals surface area (Å²) in [4.78, 5) is 32.3. The van der Waals surface area contributed by atoms with Gasteiger partial charge in [0.1, 0.15) is 17.5 Å². The molecule has 0 saturated carbocycles. The van der Waals surface area contributed by atoms with Gasteiger partial charge >= 0.3 is 5.97 Å². The van der Waals surface area contributed by atoms with Crippen molar-refractivity contribution in [3.63, 3.8) is 0 Å². The molecule has 2 heterocycles. The lowest BCUT2D eigenvalue weighted by atomic mass is 9.95. The third kappa shape index (κ3) is 6.23. The zero-order chi connectivity index (χ0) is 28.4. The Morgan fingerprint density at radius 2 is 1.74 bits per heavy atom. The lowest BCUT2D eigenvalue weighted by Gasteiger charge is -2.26. The van der Waals surface area contributed by atoms with Gasteiger partial charge in [0.2, 0.25) is 0 Å². The Kier molecular flexibility index (Phi) is 9.18. The molecule has 206 valence electrons. The molecule has 0 fully saturated rings. The standard InChI is InChI=1S/C29H30Br2N2O5S/c1-7-36-28(35)24-17(6)32-29-33(25(24)19-10-8-9-11-22(19)37-15(2)3)27(34)23(39-29)14-18-12-20(30)26(21(31)13-18)38-16(4)5/h8-16,25H,7H2,1-6H3/b23-14-/t25-/m1/s1. The van der Waals surface area contributed by atoms with Gasteiger partial charge in [0.25, 0.3) is 5.56 Å². The van der Waals surface area contributed by atoms with E-state index < -0.39 is 12.0 Å². The van der Waals surface area contributed by atoms with Gasteiger partial charge in [0, 0.05) is 5.56 Å². The highest BCUT2D eigenvalue weighted by Crippen LogP contribution is 2.37. The van der Waals surface area contributed by atoms with Crippen molar-refractivity contribution >= 4 is 55.2 Å². The van der Waals surface area contributed by atoms with E-state index in [1.165, 1.54) is 11.3 Å². The number of hydrogen-bond acceptors (Lipinski definition) is 7. The molecule has 0 amide bonds. The second kappa shape index (κ2) is 12.2. The van der Waals surface area contributed by atoms with Crippen molar-refractivity contribution in [1.82, 2.24) is 4.57 Å². The van der Waals surface area contributed by atoms with Crippen LogP contribution in [-0.2, 0) is 9.53 Å². The van der Waals surface area contributed by atoms with E-state index in [1.54, 1.807) is 18.4 Å². The van der Waals surface area contributed by atoms with E-state index in [9.17, 15) is 9.59 Å². The lowest BCUT2D eigenvalue weighted by molar-refractivity contribution is -0.139. The van der Waals surface area contributed by atoms with Crippen LogP contribution in [0.1, 0.15) is 58.7 Å². The number of esters is 1. The van der Waals surface area contributed by atoms with Crippen LogP contribution >= 0.6 is 43.2 Å². The summed E-state index contributed by atoms with van der Waals surface area (Å²) in [7, 11) is 0. The molecular formula is C29H30Br2N2O5S. The van der Waals surface area contributed by atoms with E-state index in [1.807, 2.05) is 70.2 Å². The summed E-state index contributed by atoms with van der Waals surface area (Å²) in [6.45, 7) is 11.5. The SMILES string of the molecule is CCOC(=O)C1=C(C)N=c2s/c(=C\c3cc(Br)c(OC(C)C)c(Br)c3)c(=O)n2[C@@H]1c1ccccc1OC(C)C. The summed E-state index contributed by atoms with van der Waals surface area (Å²) in [6.07, 6.45) is 1.72. The minimum atomic E-state index is -0.752. The predicted molar refractivity (Wildman–Crippen MR) is 160 cm³/mol. The van der Waals surface area contributed by atoms with E-state index in [0.717, 1.165) is 14.5 Å². The van der Waals surface area contributed by atoms with Crippen LogP contribution in [0, 0.1) is 0 Å². The van der Waals surface area contributed by atoms with Gasteiger partial charge in [-0.25, -0.2) is 9.79 Å². The number of hydrogen-bond donors (Lipinski definition) is 0. The fourth-order valence-electron chi connectivity index (χ4n) is 4.32. The first-order chi connectivity index (χ1) is 18.5. The molecule has 0 N–H and O–H groups in total. The molecule has 1 aliphatic rings. The first kappa shape index (κ1) is 29.3. The number of carbonyl (C=O) groups is 1. The highest BCUT2D eigenvalue weighted by molar-refractivity contribution is 9.11. The molecule has 0 spiro atoms. The second-order valence-corrected chi connectivity index (χ2v) is 12.2. The molecule has 1 aromatic heterocycles. The second-order valence-electron chi connectivity index (χ2n) is 9.49. The van der Waals surface area contributed by atoms with Gasteiger partial charge < -0.3 is 14.2 Å². The third-order valence-corrected chi connectivity index (χ3v) is 7.93. The van der Waals surface area contributed by atoms with Crippen molar-refractivity contribution in [1.29, 1.82) is 0 Å². The third-order valence-electron chi connectivity index (χ3n) is 5.77. The molecular weight excluding hydrogens is 648 g/mol. The number of allylic oxidation sites excluding steroid dienone is 1. The molecule has 2 aromatic carbocycles. The molecule has 0 aliphatic carbocycles. The number of halogens is 2. The molecule has 3 aromatic rings. The topological polar surface area (TPSA) is 79.1 Å². The number of ether oxygens (including phenoxy) is 3. The molecule has 7 nitrogen and oxygen atoms in total. The Labute approximate surface area is 248 Å². The van der Waals surface area contributed by atoms with Crippen molar-refractivity contribution in [3.8, 4) is 11.5 Å². The van der Waals surface area contributed by atoms with Gasteiger partial charge in [-0.15, -0.1) is 0 Å². The molecule has 0 radical (unpaired) electrons. The highest BCUT2D eigenvalue weighted by Gasteiger charge is 2.35. The zero-order valence-electron chi connectivity index (χ0n) is 22.6. The van der Waals surface area contributed by atoms with Crippen LogP contribution in [0.15, 0.2) is 66.4 Å². The van der Waals surface area contributed by atoms with Crippen LogP contribution in [0.3, 0.4) is 0 Å². The fourth-order valence-corrected chi connectivity index (χ4v) is 6.77. The smallest absolute Gasteiger partial charge is 0.338 e. The first-order valence-corrected chi connectivity index (χ1v) is 15.0. The largest absolute Gasteiger partial charge is 0.491 e. The maximum atomic E-state index is 14.0. The predicted octanol–water partition coefficient (Wildman–Crippen LogP) is 5.90. The molecule has 0 bridgehead atoms. The van der Waals surface area contributed by atoms with Crippen LogP contribution in [0.2, 0.25) is 0 Å². The Bertz CT molecular complexity index is 1600. The average Bonchev–Trinajstić information content (AvgIpc) is 3.15. The van der Waals surface area contributed by atoms with E-state index in [-0.39, 0.29) is 24.4 Å². The summed E-state index contributed by atoms with van der Waals surface area (Å²) in [5.41, 5.74) is 2.06. The summed E-state index contributed by atoms with van der Waals surface area (Å²) >= 11 is 8.44. The Morgan fingerprint density at radius 1 is 1.10 bits per heavy atom. The van der Waals surface area contributed by atoms with E-state index >= 15 is 0 Å². The van der Waals surface area contributed by atoms with Gasteiger partial charge in [-0.1, -0.05) is 29.5 Å². The number of benzene rings is 2. The van der Waals surface area contributed by atoms with Crippen LogP contribution < -0.4 is 24.4 Å². The molecule has 1 aliphatic heterocycles. The van der Waals surface area contributed by atoms with E-state index in [2.05, 4.69) is 36.9 Å². The maximum absolute atomic E-state index is 14.0. The van der Waals surface area contributed by atoms with Crippen molar-refractivity contribution in [2.24, 2.45) is 4.99 Å². The summed E-state index contributed by atoms with van der Waals surface area (Å²) in [5, 5.41) is 0. The Morgan fingerprint density at radius 3 is 2.36 bits per heavy atom. The minimum absolute atomic E-state index is 0.00604. The van der Waals surface area contributed by atoms with Crippen molar-refractivity contribution in [3.05, 3.63) is 87.4 Å². The molecule has 4 rings (SSSR count). The van der Waals surface area contributed by atoms with E-state index in [0.29, 0.717) is 37.7 Å². The Balaban J connectivity index is 1.94. The van der Waals surface area contributed by atoms with Crippen LogP contribution in [0.5, 0.6) is 11.5 Å². The first-order valence-electron chi connectivity index (χ1n) is 12.6. The monoisotopic (exact) mass is 676 g/mol. The molecule has 1 atom stereocenters. The number of nitrogens with zero attached hydrogens (tertiary/aromatic N) is 2. The zero-order valence-corrected chi connectivity index (χ0v) is 26.6. The van der Waals surface area contributed by atoms with Gasteiger partial charge in [0.05, 0.1) is 43.6 Å². The van der Waals surface area contributed by atoms with Gasteiger partial charge in [-0.05, 0) is 103 Å². The summed E-state index contributed by atoms with van der Waals surface area (Å²) < 4.78 is 21.0. The van der Waals surface area contributed by atoms with Crippen LogP contribution in [-0.4, -0.2) is 29.4 Å². The van der Waals surface area contributed by atoms with E-state index in [4.69, 9.17) is 14.2 Å². The van der Waals surface area contributed by atoms with Gasteiger partial charge in [-0.3, -0.25) is 9.36 Å². The van der Waals surface area contributed by atoms with Gasteiger partial charge in [0.15, 0.2) is 4.80 Å².